The molecule has 1 N–H and O–H groups in total. The quantitative estimate of drug-likeness (QED) is 0.317. The maximum Gasteiger partial charge on any atom is 0.261 e. The molecule has 174 valence electrons. The molecule has 0 spiro atoms. The van der Waals surface area contributed by atoms with E-state index < -0.39 is 6.04 Å². The van der Waals surface area contributed by atoms with Gasteiger partial charge in [0.15, 0.2) is 6.61 Å². The minimum absolute atomic E-state index is 0.187. The van der Waals surface area contributed by atoms with Crippen LogP contribution in [0, 0.1) is 0 Å². The highest BCUT2D eigenvalue weighted by molar-refractivity contribution is 9.10. The first kappa shape index (κ1) is 26.8. The van der Waals surface area contributed by atoms with E-state index in [1.165, 1.54) is 4.90 Å². The summed E-state index contributed by atoms with van der Waals surface area (Å²) in [5.41, 5.74) is 0.759. The van der Waals surface area contributed by atoms with E-state index in [1.54, 1.807) is 36.4 Å². The highest BCUT2D eigenvalue weighted by Gasteiger charge is 2.29. The summed E-state index contributed by atoms with van der Waals surface area (Å²) >= 11 is 21.7. The molecule has 0 heterocycles. The number of hydrogen-bond acceptors (Lipinski definition) is 3. The average molecular weight is 565 g/mol. The molecule has 0 fully saturated rings. The molecule has 0 aliphatic heterocycles. The lowest BCUT2D eigenvalue weighted by Crippen LogP contribution is -2.50. The Balaban J connectivity index is 2.22. The summed E-state index contributed by atoms with van der Waals surface area (Å²) < 4.78 is 6.47. The van der Waals surface area contributed by atoms with Gasteiger partial charge < -0.3 is 15.0 Å². The Hall–Kier alpha value is -1.47. The van der Waals surface area contributed by atoms with Gasteiger partial charge in [-0.05, 0) is 48.7 Å². The topological polar surface area (TPSA) is 58.6 Å². The van der Waals surface area contributed by atoms with Crippen LogP contribution in [0.2, 0.25) is 15.1 Å². The van der Waals surface area contributed by atoms with Crippen LogP contribution in [0.15, 0.2) is 40.9 Å². The Bertz CT molecular complexity index is 943. The van der Waals surface area contributed by atoms with Gasteiger partial charge in [0.25, 0.3) is 5.91 Å². The molecule has 0 aromatic heterocycles. The lowest BCUT2D eigenvalue weighted by atomic mass is 10.1. The zero-order chi connectivity index (χ0) is 23.7. The van der Waals surface area contributed by atoms with Gasteiger partial charge in [-0.15, -0.1) is 0 Å². The van der Waals surface area contributed by atoms with Crippen LogP contribution in [0.1, 0.15) is 38.7 Å². The van der Waals surface area contributed by atoms with Gasteiger partial charge in [0.2, 0.25) is 5.91 Å². The van der Waals surface area contributed by atoms with Crippen molar-refractivity contribution in [1.82, 2.24) is 10.2 Å². The molecule has 0 radical (unpaired) electrons. The highest BCUT2D eigenvalue weighted by atomic mass is 79.9. The minimum atomic E-state index is -0.655. The van der Waals surface area contributed by atoms with E-state index in [-0.39, 0.29) is 25.0 Å². The smallest absolute Gasteiger partial charge is 0.261 e. The highest BCUT2D eigenvalue weighted by Crippen LogP contribution is 2.28. The number of carbonyl (C=O) groups excluding carboxylic acids is 2. The van der Waals surface area contributed by atoms with E-state index in [0.29, 0.717) is 33.8 Å². The number of nitrogens with one attached hydrogen (secondary N) is 1. The van der Waals surface area contributed by atoms with Crippen LogP contribution >= 0.6 is 50.7 Å². The maximum absolute atomic E-state index is 13.2. The Kier molecular flexibility index (Phi) is 11.1. The lowest BCUT2D eigenvalue weighted by Gasteiger charge is -2.30. The van der Waals surface area contributed by atoms with E-state index in [4.69, 9.17) is 39.5 Å². The van der Waals surface area contributed by atoms with Gasteiger partial charge in [-0.2, -0.15) is 0 Å². The molecule has 5 nitrogen and oxygen atoms in total. The predicted molar refractivity (Wildman–Crippen MR) is 134 cm³/mol. The largest absolute Gasteiger partial charge is 0.482 e. The van der Waals surface area contributed by atoms with Crippen molar-refractivity contribution in [3.8, 4) is 5.75 Å². The number of rotatable bonds is 11. The Morgan fingerprint density at radius 3 is 2.44 bits per heavy atom. The first-order valence-corrected chi connectivity index (χ1v) is 12.3. The molecular weight excluding hydrogens is 539 g/mol. The van der Waals surface area contributed by atoms with E-state index in [1.807, 2.05) is 13.8 Å². The number of halogens is 4. The van der Waals surface area contributed by atoms with Gasteiger partial charge in [0.05, 0.1) is 15.1 Å². The second kappa shape index (κ2) is 13.3. The summed E-state index contributed by atoms with van der Waals surface area (Å²) in [7, 11) is 0. The van der Waals surface area contributed by atoms with E-state index in [2.05, 4.69) is 21.2 Å². The fourth-order valence-corrected chi connectivity index (χ4v) is 4.12. The molecule has 0 aliphatic rings. The zero-order valence-electron chi connectivity index (χ0n) is 18.0. The fraction of sp³-hybridized carbons (Fsp3) is 0.391. The summed E-state index contributed by atoms with van der Waals surface area (Å²) in [5.74, 6) is -0.151. The van der Waals surface area contributed by atoms with Gasteiger partial charge in [0, 0.05) is 17.6 Å². The van der Waals surface area contributed by atoms with E-state index >= 15 is 0 Å². The number of carbonyl (C=O) groups is 2. The molecule has 0 aliphatic carbocycles. The average Bonchev–Trinajstić information content (AvgIpc) is 2.75. The molecule has 0 saturated heterocycles. The summed E-state index contributed by atoms with van der Waals surface area (Å²) in [6.45, 7) is 4.40. The number of nitrogens with zero attached hydrogens (tertiary/aromatic N) is 1. The molecular formula is C23H26BrCl3N2O3. The predicted octanol–water partition coefficient (Wildman–Crippen LogP) is 6.51. The second-order valence-electron chi connectivity index (χ2n) is 7.20. The van der Waals surface area contributed by atoms with Gasteiger partial charge in [-0.3, -0.25) is 9.59 Å². The fourth-order valence-electron chi connectivity index (χ4n) is 3.08. The van der Waals surface area contributed by atoms with Crippen molar-refractivity contribution in [2.24, 2.45) is 0 Å². The minimum Gasteiger partial charge on any atom is -0.482 e. The normalized spacial score (nSPS) is 11.7. The lowest BCUT2D eigenvalue weighted by molar-refractivity contribution is -0.143. The maximum atomic E-state index is 13.2. The van der Waals surface area contributed by atoms with Gasteiger partial charge >= 0.3 is 0 Å². The Labute approximate surface area is 212 Å². The van der Waals surface area contributed by atoms with Crippen molar-refractivity contribution in [2.45, 2.75) is 45.7 Å². The number of ether oxygens (including phenoxy) is 1. The second-order valence-corrected chi connectivity index (χ2v) is 9.34. The summed E-state index contributed by atoms with van der Waals surface area (Å²) in [6.07, 6.45) is 2.28. The van der Waals surface area contributed by atoms with Crippen molar-refractivity contribution in [3.05, 3.63) is 61.5 Å². The first-order valence-electron chi connectivity index (χ1n) is 10.4. The third-order valence-electron chi connectivity index (χ3n) is 4.80. The van der Waals surface area contributed by atoms with Crippen LogP contribution in [0.4, 0.5) is 0 Å². The third-order valence-corrected chi connectivity index (χ3v) is 6.33. The monoisotopic (exact) mass is 562 g/mol. The summed E-state index contributed by atoms with van der Waals surface area (Å²) in [4.78, 5) is 27.6. The van der Waals surface area contributed by atoms with Crippen molar-refractivity contribution < 1.29 is 14.3 Å². The molecule has 2 rings (SSSR count). The van der Waals surface area contributed by atoms with Crippen molar-refractivity contribution >= 4 is 62.5 Å². The molecule has 9 heteroatoms. The van der Waals surface area contributed by atoms with E-state index in [0.717, 1.165) is 22.9 Å². The molecule has 2 aromatic rings. The van der Waals surface area contributed by atoms with Crippen LogP contribution < -0.4 is 10.1 Å². The molecule has 1 atom stereocenters. The summed E-state index contributed by atoms with van der Waals surface area (Å²) in [5, 5.41) is 4.11. The van der Waals surface area contributed by atoms with Crippen LogP contribution in [0.3, 0.4) is 0 Å². The standard InChI is InChI=1S/C23H26BrCl3N2O3/c1-3-5-10-28-23(31)20(4-2)29(13-15-6-8-17(25)18(26)11-15)22(30)14-32-21-9-7-16(24)12-19(21)27/h6-9,11-12,20H,3-5,10,13-14H2,1-2H3,(H,28,31). The molecule has 2 amide bonds. The number of hydrogen-bond donors (Lipinski definition) is 1. The number of unbranched alkanes of at least 4 members (excludes halogenated alkanes) is 1. The van der Waals surface area contributed by atoms with Crippen LogP contribution in [0.5, 0.6) is 5.75 Å². The van der Waals surface area contributed by atoms with Crippen molar-refractivity contribution in [3.63, 3.8) is 0 Å². The van der Waals surface area contributed by atoms with Crippen molar-refractivity contribution in [2.75, 3.05) is 13.2 Å². The van der Waals surface area contributed by atoms with Gasteiger partial charge in [-0.25, -0.2) is 0 Å². The Morgan fingerprint density at radius 2 is 1.81 bits per heavy atom. The first-order chi connectivity index (χ1) is 15.3. The third kappa shape index (κ3) is 7.84. The number of amides is 2. The molecule has 0 saturated carbocycles. The molecule has 0 bridgehead atoms. The van der Waals surface area contributed by atoms with Gasteiger partial charge in [0.1, 0.15) is 11.8 Å². The Morgan fingerprint density at radius 1 is 1.06 bits per heavy atom. The van der Waals surface area contributed by atoms with Crippen LogP contribution in [-0.2, 0) is 16.1 Å². The van der Waals surface area contributed by atoms with Crippen LogP contribution in [0.25, 0.3) is 0 Å². The van der Waals surface area contributed by atoms with E-state index in [9.17, 15) is 9.59 Å². The molecule has 1 unspecified atom stereocenters. The molecule has 32 heavy (non-hydrogen) atoms. The molecule has 2 aromatic carbocycles. The van der Waals surface area contributed by atoms with Crippen LogP contribution in [-0.4, -0.2) is 35.9 Å². The summed E-state index contributed by atoms with van der Waals surface area (Å²) in [6, 6.07) is 9.62. The SMILES string of the molecule is CCCCNC(=O)C(CC)N(Cc1ccc(Cl)c(Cl)c1)C(=O)COc1ccc(Br)cc1Cl. The zero-order valence-corrected chi connectivity index (χ0v) is 21.8. The van der Waals surface area contributed by atoms with Crippen molar-refractivity contribution in [1.29, 1.82) is 0 Å². The number of benzene rings is 2. The van der Waals surface area contributed by atoms with Gasteiger partial charge in [-0.1, -0.05) is 77.1 Å².